The minimum atomic E-state index is -2.99. The maximum Gasteiger partial charge on any atom is 0.329 e. The molecule has 39 heteroatoms. The Balaban J connectivity index is 0.465. The van der Waals surface area contributed by atoms with Crippen molar-refractivity contribution < 1.29 is 66.0 Å². The highest BCUT2D eigenvalue weighted by molar-refractivity contribution is 6.09. The molecule has 5 amide bonds. The Bertz CT molecular complexity index is 5880. The number of fused-ring (bicyclic) bond motifs is 8. The van der Waals surface area contributed by atoms with Crippen molar-refractivity contribution in [3.8, 4) is 11.8 Å². The number of para-hydroxylation sites is 2. The van der Waals surface area contributed by atoms with E-state index in [-0.39, 0.29) is 126 Å². The van der Waals surface area contributed by atoms with Crippen LogP contribution in [0.1, 0.15) is 191 Å². The second-order valence-electron chi connectivity index (χ2n) is 37.0. The minimum absolute atomic E-state index is 0.0755. The number of alkyl halides is 4. The van der Waals surface area contributed by atoms with E-state index in [2.05, 4.69) is 82.9 Å². The number of imide groups is 1. The zero-order chi connectivity index (χ0) is 88.3. The van der Waals surface area contributed by atoms with E-state index in [1.807, 2.05) is 60.4 Å². The largest absolute Gasteiger partial charge is 0.374 e. The Hall–Kier alpha value is -11.1. The average molecular weight is 1780 g/mol. The first-order valence-electron chi connectivity index (χ1n) is 46.0. The molecule has 2 saturated carbocycles. The van der Waals surface area contributed by atoms with Gasteiger partial charge in [-0.3, -0.25) is 57.6 Å². The first kappa shape index (κ1) is 84.7. The second kappa shape index (κ2) is 35.0. The summed E-state index contributed by atoms with van der Waals surface area (Å²) in [6.07, 6.45) is 12.9. The van der Waals surface area contributed by atoms with Crippen LogP contribution in [0.5, 0.6) is 0 Å². The molecule has 2 aliphatic carbocycles. The van der Waals surface area contributed by atoms with Gasteiger partial charge in [-0.05, 0) is 164 Å². The predicted molar refractivity (Wildman–Crippen MR) is 466 cm³/mol. The zero-order valence-corrected chi connectivity index (χ0v) is 72.1. The fourth-order valence-corrected chi connectivity index (χ4v) is 23.2. The number of aliphatic hydroxyl groups is 2. The molecule has 7 aromatic heterocycles. The normalized spacial score (nSPS) is 27.6. The molecule has 6 unspecified atom stereocenters. The summed E-state index contributed by atoms with van der Waals surface area (Å²) in [7, 11) is 1.74. The second-order valence-corrected chi connectivity index (χ2v) is 37.0. The van der Waals surface area contributed by atoms with Gasteiger partial charge in [0.15, 0.2) is 22.7 Å². The summed E-state index contributed by atoms with van der Waals surface area (Å²) < 4.78 is 89.4. The molecule has 17 heterocycles. The number of likely N-dealkylation sites (tertiary alicyclic amines) is 1. The number of carbonyl (C=O) groups is 5. The number of halogens is 4. The molecule has 35 nitrogen and oxygen atoms in total. The van der Waals surface area contributed by atoms with Gasteiger partial charge in [-0.15, -0.1) is 0 Å². The molecule has 11 fully saturated rings. The van der Waals surface area contributed by atoms with E-state index in [1.54, 1.807) is 42.8 Å². The van der Waals surface area contributed by atoms with Crippen molar-refractivity contribution in [3.05, 3.63) is 124 Å². The number of nitrogens with zero attached hydrogens (tertiary/aromatic N) is 20. The third-order valence-electron chi connectivity index (χ3n) is 29.7. The van der Waals surface area contributed by atoms with Gasteiger partial charge in [-0.1, -0.05) is 24.0 Å². The van der Waals surface area contributed by atoms with Crippen LogP contribution < -0.4 is 51.5 Å². The number of aryl methyl sites for hydroxylation is 1. The molecule has 9 saturated heterocycles. The van der Waals surface area contributed by atoms with E-state index in [1.165, 1.54) is 33.8 Å². The molecule has 0 radical (unpaired) electrons. The summed E-state index contributed by atoms with van der Waals surface area (Å²) in [4.78, 5) is 108. The summed E-state index contributed by atoms with van der Waals surface area (Å²) in [5, 5.41) is 50.2. The summed E-state index contributed by atoms with van der Waals surface area (Å²) >= 11 is 0. The van der Waals surface area contributed by atoms with Gasteiger partial charge >= 0.3 is 5.69 Å². The standard InChI is InChI=1S/C90H108F4N24O11/c1-3-110-77-52(7-4-10-66(77)118(90(110)126)69-21-23-74(120)102-88(69)124)8-6-40-127-58-26-32-109(33-27-58)78(53-14-18-56(19-15-53)116-49-64(76(104-116)82(93)94)98-85(121)61-43-95-113-34-28-71(99-83(61)113)111-46-59-41-57(111)50-128-59)80-70-42-60(129-80)47-112(70)72-29-35-114-84(100-72)62(44-96-114)86(122)97-63-48-115(103-75(63)81(91)92)55-16-12-51(13-17-55)45-106-36-38-107(39-37-106)54-24-30-108(31-25-54)65-9-5-11-67-79(65)105(2)89(125)117(67)68-20-22-73(119)101-87(68)123/h4-5,7,9-11,28-29,34-35,43-44,48-49,51,53-60,68-70,74,78,80-82,90,120,126H,3,12-27,30-33,36-42,45-47,50H2,1-2H3,(H,97,122)(H,98,121)(H,102,124)(H,101,119,123)/t51-,53-,55-,56-,57-,59-,60-,68?,69?,70-,74?,78?,80?,90?/m1/s1. The van der Waals surface area contributed by atoms with E-state index in [9.17, 15) is 39.0 Å². The van der Waals surface area contributed by atoms with Crippen LogP contribution in [0.25, 0.3) is 22.3 Å². The number of ether oxygens (including phenoxy) is 3. The number of morpholine rings is 2. The highest BCUT2D eigenvalue weighted by Crippen LogP contribution is 2.48. The van der Waals surface area contributed by atoms with Crippen LogP contribution in [0, 0.1) is 23.7 Å². The Labute approximate surface area is 740 Å². The number of aliphatic hydroxyl groups excluding tert-OH is 2. The summed E-state index contributed by atoms with van der Waals surface area (Å²) in [6.45, 7) is 12.1. The van der Waals surface area contributed by atoms with Crippen LogP contribution in [0.3, 0.4) is 0 Å². The van der Waals surface area contributed by atoms with Crippen molar-refractivity contribution in [2.75, 3.05) is 127 Å². The fourth-order valence-electron chi connectivity index (χ4n) is 23.2. The number of piperidine rings is 4. The highest BCUT2D eigenvalue weighted by atomic mass is 19.3. The predicted octanol–water partition coefficient (Wildman–Crippen LogP) is 7.37. The number of nitrogens with one attached hydrogen (secondary N) is 4. The number of aromatic nitrogens is 12. The van der Waals surface area contributed by atoms with Crippen molar-refractivity contribution in [3.63, 3.8) is 0 Å². The summed E-state index contributed by atoms with van der Waals surface area (Å²) in [5.41, 5.74) is 3.80. The van der Waals surface area contributed by atoms with Gasteiger partial charge in [0.05, 0.1) is 113 Å². The molecule has 0 spiro atoms. The van der Waals surface area contributed by atoms with Crippen LogP contribution in [0.15, 0.2) is 90.5 Å². The van der Waals surface area contributed by atoms with Gasteiger partial charge in [0.25, 0.3) is 24.7 Å². The quantitative estimate of drug-likeness (QED) is 0.0219. The molecule has 6 N–H and O–H groups in total. The monoisotopic (exact) mass is 1780 g/mol. The van der Waals surface area contributed by atoms with Gasteiger partial charge in [0.1, 0.15) is 47.7 Å². The summed E-state index contributed by atoms with van der Waals surface area (Å²) in [5.74, 6) is 5.92. The van der Waals surface area contributed by atoms with Gasteiger partial charge < -0.3 is 69.8 Å². The molecule has 21 rings (SSSR count). The van der Waals surface area contributed by atoms with Crippen LogP contribution >= 0.6 is 0 Å². The topological polar surface area (TPSA) is 350 Å². The number of piperazine rings is 1. The molecule has 10 atom stereocenters. The molecular formula is C90H108F4N24O11. The first-order chi connectivity index (χ1) is 62.7. The van der Waals surface area contributed by atoms with Gasteiger partial charge in [-0.2, -0.15) is 20.4 Å². The number of carbonyl (C=O) groups excluding carboxylic acids is 5. The van der Waals surface area contributed by atoms with E-state index >= 15 is 17.6 Å². The maximum absolute atomic E-state index is 15.1. The van der Waals surface area contributed by atoms with E-state index in [4.69, 9.17) is 24.2 Å². The molecule has 9 aromatic rings. The lowest BCUT2D eigenvalue weighted by Gasteiger charge is -2.48. The third kappa shape index (κ3) is 16.0. The molecule has 2 aromatic carbocycles. The fraction of sp³-hybridized carbons (Fsp3) is 0.578. The number of benzene rings is 2. The molecule has 12 aliphatic rings. The molecule has 682 valence electrons. The van der Waals surface area contributed by atoms with Crippen LogP contribution in [0.4, 0.5) is 57.6 Å². The zero-order valence-electron chi connectivity index (χ0n) is 72.1. The molecular weight excluding hydrogens is 1670 g/mol. The lowest BCUT2D eigenvalue weighted by Crippen LogP contribution is -2.59. The number of amides is 5. The number of anilines is 7. The van der Waals surface area contributed by atoms with Gasteiger partial charge in [0, 0.05) is 129 Å². The van der Waals surface area contributed by atoms with Crippen LogP contribution in [0.2, 0.25) is 0 Å². The smallest absolute Gasteiger partial charge is 0.329 e. The molecule has 10 aliphatic heterocycles. The van der Waals surface area contributed by atoms with Crippen molar-refractivity contribution in [2.45, 2.75) is 221 Å². The number of imidazole rings is 1. The summed E-state index contributed by atoms with van der Waals surface area (Å²) in [6, 6.07) is 13.7. The minimum Gasteiger partial charge on any atom is -0.374 e. The Morgan fingerprint density at radius 3 is 1.93 bits per heavy atom. The lowest BCUT2D eigenvalue weighted by atomic mass is 9.77. The van der Waals surface area contributed by atoms with Crippen LogP contribution in [-0.4, -0.2) is 271 Å². The molecule has 4 bridgehead atoms. The van der Waals surface area contributed by atoms with Gasteiger partial charge in [-0.25, -0.2) is 41.4 Å². The van der Waals surface area contributed by atoms with Crippen molar-refractivity contribution in [1.29, 1.82) is 0 Å². The average Bonchev–Trinajstić information content (AvgIpc) is 1.60. The molecule has 129 heavy (non-hydrogen) atoms. The van der Waals surface area contributed by atoms with Gasteiger partial charge in [0.2, 0.25) is 24.1 Å². The number of hydrogen-bond donors (Lipinski definition) is 6. The SMILES string of the molecule is CCN1c2c(C#CCOC3CCN(C(C4O[C@@H]5C[C@H]4N(c4ccn6ncc(C(=O)Nc7cn([C@H]8CC[C@H](CN9CCN(C%10CCN(c%11cccc%12c%11n(C)c(=O)n%12C%11CCC(=O)NC%11=O)CC%10)CC9)CC8)nc7C(F)F)c6n4)C5)[C@H]4CC[C@H](n5cc(NC(=O)c6cnn7ccc(N8C[C@H]9C[C@@H]8CO9)nc67)c(C(F)F)n5)CC4)CC3)cccc2N(C2CCC(O)NC2=O)C1O. The highest BCUT2D eigenvalue weighted by Gasteiger charge is 2.54. The Morgan fingerprint density at radius 2 is 1.31 bits per heavy atom. The van der Waals surface area contributed by atoms with Crippen molar-refractivity contribution in [2.24, 2.45) is 18.9 Å². The van der Waals surface area contributed by atoms with Crippen LogP contribution in [-0.2, 0) is 35.6 Å². The number of hydrogen-bond acceptors (Lipinski definition) is 25. The maximum atomic E-state index is 15.1. The van der Waals surface area contributed by atoms with Crippen molar-refractivity contribution >= 4 is 91.9 Å². The first-order valence-corrected chi connectivity index (χ1v) is 46.0. The Morgan fingerprint density at radius 1 is 0.667 bits per heavy atom. The van der Waals surface area contributed by atoms with E-state index in [0.717, 1.165) is 108 Å². The van der Waals surface area contributed by atoms with E-state index in [0.29, 0.717) is 143 Å². The van der Waals surface area contributed by atoms with E-state index < -0.39 is 66.6 Å². The Kier molecular flexibility index (Phi) is 23.0. The van der Waals surface area contributed by atoms with Crippen molar-refractivity contribution in [1.82, 2.24) is 83.2 Å². The number of rotatable bonds is 22. The lowest BCUT2D eigenvalue weighted by molar-refractivity contribution is -0.136. The third-order valence-corrected chi connectivity index (χ3v) is 29.7.